The van der Waals surface area contributed by atoms with Gasteiger partial charge in [-0.15, -0.1) is 0 Å². The number of hydrogen-bond donors (Lipinski definition) is 1. The van der Waals surface area contributed by atoms with Crippen LogP contribution in [-0.2, 0) is 0 Å². The van der Waals surface area contributed by atoms with Gasteiger partial charge in [0.15, 0.2) is 5.82 Å². The van der Waals surface area contributed by atoms with Crippen molar-refractivity contribution in [3.63, 3.8) is 0 Å². The molecule has 0 spiro atoms. The molecule has 0 unspecified atom stereocenters. The Morgan fingerprint density at radius 1 is 0.773 bits per heavy atom. The van der Waals surface area contributed by atoms with Crippen LogP contribution in [0, 0.1) is 0 Å². The predicted molar refractivity (Wildman–Crippen MR) is 87.5 cm³/mol. The number of fused-ring (bicyclic) bond motifs is 1. The van der Waals surface area contributed by atoms with E-state index in [4.69, 9.17) is 0 Å². The number of rotatable bonds is 3. The lowest BCUT2D eigenvalue weighted by Gasteiger charge is -2.13. The van der Waals surface area contributed by atoms with Gasteiger partial charge in [0.05, 0.1) is 5.69 Å². The highest BCUT2D eigenvalue weighted by Crippen LogP contribution is 2.32. The van der Waals surface area contributed by atoms with Crippen LogP contribution in [-0.4, -0.2) is 14.6 Å². The average Bonchev–Trinajstić information content (AvgIpc) is 3.02. The fraction of sp³-hybridized carbons (Fsp3) is 0. The third-order valence-electron chi connectivity index (χ3n) is 3.57. The van der Waals surface area contributed by atoms with Crippen LogP contribution >= 0.6 is 0 Å². The van der Waals surface area contributed by atoms with Crippen LogP contribution in [0.25, 0.3) is 22.5 Å². The highest BCUT2D eigenvalue weighted by atomic mass is 15.4. The molecule has 22 heavy (non-hydrogen) atoms. The van der Waals surface area contributed by atoms with E-state index in [0.717, 1.165) is 28.2 Å². The topological polar surface area (TPSA) is 42.7 Å². The van der Waals surface area contributed by atoms with Crippen molar-refractivity contribution in [1.29, 1.82) is 0 Å². The maximum atomic E-state index is 4.55. The summed E-state index contributed by atoms with van der Waals surface area (Å²) in [6.45, 7) is 0. The third-order valence-corrected chi connectivity index (χ3v) is 3.57. The van der Waals surface area contributed by atoms with E-state index in [1.54, 1.807) is 6.33 Å². The van der Waals surface area contributed by atoms with Crippen LogP contribution in [0.3, 0.4) is 0 Å². The summed E-state index contributed by atoms with van der Waals surface area (Å²) in [6, 6.07) is 20.2. The van der Waals surface area contributed by atoms with Gasteiger partial charge in [-0.3, -0.25) is 5.43 Å². The Balaban J connectivity index is 1.75. The fourth-order valence-corrected chi connectivity index (χ4v) is 2.52. The second kappa shape index (κ2) is 5.33. The summed E-state index contributed by atoms with van der Waals surface area (Å²) in [5.74, 6) is 0.859. The molecule has 4 heteroatoms. The second-order valence-corrected chi connectivity index (χ2v) is 5.02. The molecular formula is C18H14N4. The lowest BCUT2D eigenvalue weighted by molar-refractivity contribution is 0.888. The summed E-state index contributed by atoms with van der Waals surface area (Å²) < 4.78 is 1.84. The Labute approximate surface area is 128 Å². The van der Waals surface area contributed by atoms with Gasteiger partial charge < -0.3 is 0 Å². The van der Waals surface area contributed by atoms with Crippen LogP contribution in [0.5, 0.6) is 0 Å². The van der Waals surface area contributed by atoms with E-state index in [0.29, 0.717) is 0 Å². The van der Waals surface area contributed by atoms with Gasteiger partial charge in [0, 0.05) is 23.5 Å². The van der Waals surface area contributed by atoms with E-state index in [1.165, 1.54) is 0 Å². The minimum absolute atomic E-state index is 0.859. The molecule has 0 aromatic heterocycles. The molecule has 0 saturated carbocycles. The summed E-state index contributed by atoms with van der Waals surface area (Å²) in [7, 11) is 0. The molecule has 0 aliphatic carbocycles. The zero-order valence-electron chi connectivity index (χ0n) is 11.8. The monoisotopic (exact) mass is 286 g/mol. The van der Waals surface area contributed by atoms with Crippen molar-refractivity contribution in [2.45, 2.75) is 0 Å². The molecule has 0 fully saturated rings. The first kappa shape index (κ1) is 12.6. The number of para-hydroxylation sites is 1. The average molecular weight is 286 g/mol. The first-order chi connectivity index (χ1) is 10.9. The molecule has 0 radical (unpaired) electrons. The molecule has 0 saturated heterocycles. The predicted octanol–water partition coefficient (Wildman–Crippen LogP) is 3.93. The van der Waals surface area contributed by atoms with Gasteiger partial charge in [0.25, 0.3) is 0 Å². The highest BCUT2D eigenvalue weighted by molar-refractivity contribution is 5.81. The quantitative estimate of drug-likeness (QED) is 0.620. The molecule has 4 nitrogen and oxygen atoms in total. The van der Waals surface area contributed by atoms with Crippen LogP contribution in [0.1, 0.15) is 0 Å². The van der Waals surface area contributed by atoms with E-state index in [2.05, 4.69) is 27.5 Å². The zero-order valence-corrected chi connectivity index (χ0v) is 11.8. The standard InChI is InChI=1S/C18H14N4/c1-3-7-14(8-4-1)16-12-20-18-17(16)11-19-13-22(18)21-15-9-5-2-6-10-15/h1-13,21H. The van der Waals surface area contributed by atoms with Gasteiger partial charge in [0.1, 0.15) is 6.33 Å². The van der Waals surface area contributed by atoms with Crippen molar-refractivity contribution in [2.75, 3.05) is 5.43 Å². The third kappa shape index (κ3) is 2.20. The molecule has 2 heterocycles. The Morgan fingerprint density at radius 3 is 2.27 bits per heavy atom. The minimum Gasteiger partial charge on any atom is -0.292 e. The van der Waals surface area contributed by atoms with Crippen molar-refractivity contribution < 1.29 is 0 Å². The molecule has 2 aromatic rings. The largest absolute Gasteiger partial charge is 0.292 e. The highest BCUT2D eigenvalue weighted by Gasteiger charge is 2.16. The van der Waals surface area contributed by atoms with E-state index >= 15 is 0 Å². The van der Waals surface area contributed by atoms with Crippen LogP contribution in [0.15, 0.2) is 79.4 Å². The lowest BCUT2D eigenvalue weighted by atomic mass is 10.0. The Bertz CT molecular complexity index is 853. The van der Waals surface area contributed by atoms with E-state index < -0.39 is 0 Å². The normalized spacial score (nSPS) is 10.7. The number of aromatic nitrogens is 3. The summed E-state index contributed by atoms with van der Waals surface area (Å²) in [6.07, 6.45) is 5.48. The fourth-order valence-electron chi connectivity index (χ4n) is 2.52. The summed E-state index contributed by atoms with van der Waals surface area (Å²) in [4.78, 5) is 8.88. The molecule has 1 N–H and O–H groups in total. The smallest absolute Gasteiger partial charge is 0.162 e. The van der Waals surface area contributed by atoms with E-state index in [-0.39, 0.29) is 0 Å². The van der Waals surface area contributed by atoms with Gasteiger partial charge in [-0.05, 0) is 17.7 Å². The molecule has 4 rings (SSSR count). The first-order valence-corrected chi connectivity index (χ1v) is 7.10. The first-order valence-electron chi connectivity index (χ1n) is 7.10. The van der Waals surface area contributed by atoms with Gasteiger partial charge in [0.2, 0.25) is 0 Å². The lowest BCUT2D eigenvalue weighted by Crippen LogP contribution is -2.13. The molecule has 0 bridgehead atoms. The maximum absolute atomic E-state index is 4.55. The number of anilines is 1. The molecule has 2 aliphatic rings. The number of benzene rings is 2. The van der Waals surface area contributed by atoms with Crippen molar-refractivity contribution in [1.82, 2.24) is 14.6 Å². The second-order valence-electron chi connectivity index (χ2n) is 5.02. The van der Waals surface area contributed by atoms with Crippen molar-refractivity contribution in [2.24, 2.45) is 0 Å². The molecule has 106 valence electrons. The number of nitrogens with one attached hydrogen (secondary N) is 1. The van der Waals surface area contributed by atoms with Crippen molar-refractivity contribution in [3.05, 3.63) is 79.4 Å². The molecule has 0 amide bonds. The summed E-state index contributed by atoms with van der Waals surface area (Å²) in [5.41, 5.74) is 7.55. The number of nitrogens with zero attached hydrogens (tertiary/aromatic N) is 3. The molecule has 0 atom stereocenters. The summed E-state index contributed by atoms with van der Waals surface area (Å²) in [5, 5.41) is 0. The van der Waals surface area contributed by atoms with Gasteiger partial charge in [-0.25, -0.2) is 14.6 Å². The Kier molecular flexibility index (Phi) is 3.05. The van der Waals surface area contributed by atoms with Crippen molar-refractivity contribution in [3.8, 4) is 22.5 Å². The number of hydrogen-bond acceptors (Lipinski definition) is 3. The van der Waals surface area contributed by atoms with Crippen molar-refractivity contribution >= 4 is 5.69 Å². The minimum atomic E-state index is 0.859. The molecule has 2 aliphatic heterocycles. The molecule has 2 aromatic carbocycles. The van der Waals surface area contributed by atoms with Gasteiger partial charge >= 0.3 is 0 Å². The van der Waals surface area contributed by atoms with Crippen LogP contribution < -0.4 is 5.43 Å². The molecular weight excluding hydrogens is 272 g/mol. The van der Waals surface area contributed by atoms with Crippen LogP contribution in [0.4, 0.5) is 5.69 Å². The van der Waals surface area contributed by atoms with E-state index in [9.17, 15) is 0 Å². The van der Waals surface area contributed by atoms with E-state index in [1.807, 2.05) is 65.6 Å². The SMILES string of the molecule is c1ccc(Nn2cncc3c(-c4ccccc4)cnc2-3)cc1. The Hall–Kier alpha value is -3.14. The van der Waals surface area contributed by atoms with Gasteiger partial charge in [-0.2, -0.15) is 0 Å². The van der Waals surface area contributed by atoms with Crippen LogP contribution in [0.2, 0.25) is 0 Å². The summed E-state index contributed by atoms with van der Waals surface area (Å²) >= 11 is 0. The van der Waals surface area contributed by atoms with Gasteiger partial charge in [-0.1, -0.05) is 48.5 Å². The maximum Gasteiger partial charge on any atom is 0.162 e. The zero-order chi connectivity index (χ0) is 14.8. The Morgan fingerprint density at radius 2 is 1.50 bits per heavy atom.